The number of para-hydroxylation sites is 3. The second-order valence-electron chi connectivity index (χ2n) is 7.83. The lowest BCUT2D eigenvalue weighted by atomic mass is 10.1. The number of nitrogens with zero attached hydrogens (tertiary/aromatic N) is 2. The minimum Gasteiger partial charge on any atom is -0.495 e. The van der Waals surface area contributed by atoms with Gasteiger partial charge in [-0.2, -0.15) is 5.10 Å². The molecule has 0 spiro atoms. The molecule has 0 aliphatic rings. The van der Waals surface area contributed by atoms with Crippen molar-refractivity contribution < 1.29 is 14.3 Å². The summed E-state index contributed by atoms with van der Waals surface area (Å²) in [5.74, 6) is 0.0145. The number of carbonyl (C=O) groups is 2. The number of carbonyl (C=O) groups excluding carboxylic acids is 2. The molecule has 2 aromatic heterocycles. The predicted octanol–water partition coefficient (Wildman–Crippen LogP) is 6.11. The molecule has 2 heterocycles. The van der Waals surface area contributed by atoms with Crippen molar-refractivity contribution in [3.8, 4) is 22.0 Å². The molecule has 5 aromatic rings. The van der Waals surface area contributed by atoms with E-state index in [2.05, 4.69) is 15.7 Å². The fourth-order valence-corrected chi connectivity index (χ4v) is 4.42. The van der Waals surface area contributed by atoms with Gasteiger partial charge in [0.2, 0.25) is 0 Å². The molecule has 178 valence electrons. The van der Waals surface area contributed by atoms with E-state index in [-0.39, 0.29) is 11.8 Å². The van der Waals surface area contributed by atoms with E-state index in [0.717, 1.165) is 10.6 Å². The summed E-state index contributed by atoms with van der Waals surface area (Å²) in [7, 11) is 1.55. The molecule has 2 amide bonds. The van der Waals surface area contributed by atoms with Crippen molar-refractivity contribution in [2.75, 3.05) is 17.7 Å². The number of amides is 2. The zero-order chi connectivity index (χ0) is 24.9. The Bertz CT molecular complexity index is 1490. The number of rotatable bonds is 7. The molecule has 0 aliphatic heterocycles. The fraction of sp³-hybridized carbons (Fsp3) is 0.0357. The van der Waals surface area contributed by atoms with E-state index in [1.807, 2.05) is 60.0 Å². The number of thiophene rings is 1. The normalized spacial score (nSPS) is 10.6. The Morgan fingerprint density at radius 3 is 2.31 bits per heavy atom. The highest BCUT2D eigenvalue weighted by Crippen LogP contribution is 2.29. The van der Waals surface area contributed by atoms with Crippen molar-refractivity contribution >= 4 is 34.5 Å². The number of hydrogen-bond donors (Lipinski definition) is 2. The van der Waals surface area contributed by atoms with E-state index in [1.54, 1.807) is 54.4 Å². The van der Waals surface area contributed by atoms with E-state index in [1.165, 1.54) is 11.3 Å². The minimum absolute atomic E-state index is 0.276. The molecule has 7 nitrogen and oxygen atoms in total. The maximum absolute atomic E-state index is 13.3. The first-order valence-corrected chi connectivity index (χ1v) is 12.0. The van der Waals surface area contributed by atoms with Crippen LogP contribution in [-0.4, -0.2) is 28.7 Å². The lowest BCUT2D eigenvalue weighted by Gasteiger charge is -2.10. The lowest BCUT2D eigenvalue weighted by Crippen LogP contribution is -2.14. The average molecular weight is 495 g/mol. The first-order valence-electron chi connectivity index (χ1n) is 11.2. The molecule has 0 fully saturated rings. The Morgan fingerprint density at radius 2 is 1.58 bits per heavy atom. The molecule has 8 heteroatoms. The third-order valence-electron chi connectivity index (χ3n) is 5.49. The van der Waals surface area contributed by atoms with Crippen LogP contribution in [0.1, 0.15) is 20.7 Å². The van der Waals surface area contributed by atoms with Crippen LogP contribution >= 0.6 is 11.3 Å². The van der Waals surface area contributed by atoms with Crippen molar-refractivity contribution in [3.05, 3.63) is 114 Å². The van der Waals surface area contributed by atoms with Crippen molar-refractivity contribution in [1.82, 2.24) is 9.78 Å². The van der Waals surface area contributed by atoms with Gasteiger partial charge >= 0.3 is 0 Å². The first-order chi connectivity index (χ1) is 17.6. The minimum atomic E-state index is -0.285. The van der Waals surface area contributed by atoms with Crippen LogP contribution in [0.15, 0.2) is 103 Å². The highest BCUT2D eigenvalue weighted by molar-refractivity contribution is 7.13. The van der Waals surface area contributed by atoms with Gasteiger partial charge in [-0.05, 0) is 60.0 Å². The maximum atomic E-state index is 13.3. The summed E-state index contributed by atoms with van der Waals surface area (Å²) in [6.07, 6.45) is 1.73. The van der Waals surface area contributed by atoms with Crippen molar-refractivity contribution in [2.24, 2.45) is 0 Å². The van der Waals surface area contributed by atoms with Gasteiger partial charge in [-0.25, -0.2) is 4.68 Å². The van der Waals surface area contributed by atoms with Crippen LogP contribution in [0, 0.1) is 0 Å². The molecule has 0 aliphatic carbocycles. The predicted molar refractivity (Wildman–Crippen MR) is 142 cm³/mol. The molecule has 3 aromatic carbocycles. The van der Waals surface area contributed by atoms with Crippen LogP contribution in [0.5, 0.6) is 5.75 Å². The van der Waals surface area contributed by atoms with Gasteiger partial charge in [-0.1, -0.05) is 36.4 Å². The average Bonchev–Trinajstić information content (AvgIpc) is 3.60. The Kier molecular flexibility index (Phi) is 6.59. The number of aromatic nitrogens is 2. The van der Waals surface area contributed by atoms with Gasteiger partial charge in [0, 0.05) is 17.4 Å². The summed E-state index contributed by atoms with van der Waals surface area (Å²) in [6, 6.07) is 27.4. The molecule has 0 unspecified atom stereocenters. The molecule has 2 N–H and O–H groups in total. The first kappa shape index (κ1) is 23.1. The smallest absolute Gasteiger partial charge is 0.259 e. The summed E-state index contributed by atoms with van der Waals surface area (Å²) in [5, 5.41) is 12.4. The molecule has 0 radical (unpaired) electrons. The molecule has 0 saturated carbocycles. The molecule has 5 rings (SSSR count). The van der Waals surface area contributed by atoms with Crippen LogP contribution in [0.2, 0.25) is 0 Å². The third-order valence-corrected chi connectivity index (χ3v) is 6.37. The van der Waals surface area contributed by atoms with Crippen LogP contribution in [-0.2, 0) is 0 Å². The standard InChI is InChI=1S/C28H22N4O3S/c1-35-24-11-6-5-10-23(24)30-27(33)19-13-15-20(16-14-19)29-28(34)22-18-32(21-8-3-2-4-9-21)31-26(22)25-12-7-17-36-25/h2-18H,1H3,(H,29,34)(H,30,33). The number of nitrogens with one attached hydrogen (secondary N) is 2. The lowest BCUT2D eigenvalue weighted by molar-refractivity contribution is 0.102. The van der Waals surface area contributed by atoms with E-state index in [0.29, 0.717) is 33.9 Å². The summed E-state index contributed by atoms with van der Waals surface area (Å²) >= 11 is 1.52. The summed E-state index contributed by atoms with van der Waals surface area (Å²) in [6.45, 7) is 0. The fourth-order valence-electron chi connectivity index (χ4n) is 3.69. The van der Waals surface area contributed by atoms with Gasteiger partial charge in [-0.15, -0.1) is 11.3 Å². The highest BCUT2D eigenvalue weighted by atomic mass is 32.1. The van der Waals surface area contributed by atoms with E-state index < -0.39 is 0 Å². The number of benzene rings is 3. The van der Waals surface area contributed by atoms with Gasteiger partial charge in [0.05, 0.1) is 28.9 Å². The Hall–Kier alpha value is -4.69. The second-order valence-corrected chi connectivity index (χ2v) is 8.78. The molecule has 36 heavy (non-hydrogen) atoms. The second kappa shape index (κ2) is 10.3. The van der Waals surface area contributed by atoms with Crippen molar-refractivity contribution in [1.29, 1.82) is 0 Å². The largest absolute Gasteiger partial charge is 0.495 e. The van der Waals surface area contributed by atoms with Crippen molar-refractivity contribution in [2.45, 2.75) is 0 Å². The third kappa shape index (κ3) is 4.89. The Morgan fingerprint density at radius 1 is 0.833 bits per heavy atom. The zero-order valence-corrected chi connectivity index (χ0v) is 20.2. The highest BCUT2D eigenvalue weighted by Gasteiger charge is 2.20. The monoisotopic (exact) mass is 494 g/mol. The van der Waals surface area contributed by atoms with Crippen LogP contribution < -0.4 is 15.4 Å². The topological polar surface area (TPSA) is 85.3 Å². The van der Waals surface area contributed by atoms with Crippen LogP contribution in [0.25, 0.3) is 16.3 Å². The zero-order valence-electron chi connectivity index (χ0n) is 19.3. The van der Waals surface area contributed by atoms with Gasteiger partial charge in [-0.3, -0.25) is 9.59 Å². The van der Waals surface area contributed by atoms with Gasteiger partial charge in [0.15, 0.2) is 0 Å². The Balaban J connectivity index is 1.35. The molecular formula is C28H22N4O3S. The number of anilines is 2. The number of hydrogen-bond acceptors (Lipinski definition) is 5. The van der Waals surface area contributed by atoms with Crippen LogP contribution in [0.4, 0.5) is 11.4 Å². The van der Waals surface area contributed by atoms with E-state index >= 15 is 0 Å². The van der Waals surface area contributed by atoms with Gasteiger partial charge < -0.3 is 15.4 Å². The Labute approximate surface area is 212 Å². The van der Waals surface area contributed by atoms with E-state index in [4.69, 9.17) is 4.74 Å². The maximum Gasteiger partial charge on any atom is 0.259 e. The molecule has 0 atom stereocenters. The summed E-state index contributed by atoms with van der Waals surface area (Å²) in [4.78, 5) is 26.8. The molecule has 0 saturated heterocycles. The van der Waals surface area contributed by atoms with E-state index in [9.17, 15) is 9.59 Å². The van der Waals surface area contributed by atoms with Crippen LogP contribution in [0.3, 0.4) is 0 Å². The molecular weight excluding hydrogens is 472 g/mol. The number of ether oxygens (including phenoxy) is 1. The summed E-state index contributed by atoms with van der Waals surface area (Å²) in [5.41, 5.74) is 3.53. The quantitative estimate of drug-likeness (QED) is 0.286. The van der Waals surface area contributed by atoms with Gasteiger partial charge in [0.25, 0.3) is 11.8 Å². The van der Waals surface area contributed by atoms with Gasteiger partial charge in [0.1, 0.15) is 11.4 Å². The SMILES string of the molecule is COc1ccccc1NC(=O)c1ccc(NC(=O)c2cn(-c3ccccc3)nc2-c2cccs2)cc1. The summed E-state index contributed by atoms with van der Waals surface area (Å²) < 4.78 is 6.99. The van der Waals surface area contributed by atoms with Crippen molar-refractivity contribution in [3.63, 3.8) is 0 Å². The molecule has 0 bridgehead atoms. The number of methoxy groups -OCH3 is 1.